The second-order valence-corrected chi connectivity index (χ2v) is 3.06. The second kappa shape index (κ2) is 4.79. The van der Waals surface area contributed by atoms with E-state index in [1.54, 1.807) is 0 Å². The minimum absolute atomic E-state index is 0.129. The van der Waals surface area contributed by atoms with E-state index in [-0.39, 0.29) is 21.9 Å². The first-order valence-electron chi connectivity index (χ1n) is 4.05. The van der Waals surface area contributed by atoms with Crippen LogP contribution in [0.25, 0.3) is 0 Å². The van der Waals surface area contributed by atoms with Crippen molar-refractivity contribution in [3.05, 3.63) is 28.3 Å². The van der Waals surface area contributed by atoms with Crippen LogP contribution in [0, 0.1) is 0 Å². The largest absolute Gasteiger partial charge is 0.495 e. The number of methoxy groups -OCH3 is 2. The molecule has 0 atom stereocenters. The summed E-state index contributed by atoms with van der Waals surface area (Å²) in [5, 5.41) is 0.231. The predicted octanol–water partition coefficient (Wildman–Crippen LogP) is 1.95. The van der Waals surface area contributed by atoms with Crippen molar-refractivity contribution < 1.29 is 19.1 Å². The summed E-state index contributed by atoms with van der Waals surface area (Å²) in [6, 6.07) is 2.89. The minimum Gasteiger partial charge on any atom is -0.495 e. The van der Waals surface area contributed by atoms with Gasteiger partial charge in [0, 0.05) is 0 Å². The van der Waals surface area contributed by atoms with Gasteiger partial charge in [-0.05, 0) is 12.1 Å². The van der Waals surface area contributed by atoms with E-state index in [1.807, 2.05) is 0 Å². The van der Waals surface area contributed by atoms with Crippen molar-refractivity contribution in [3.63, 3.8) is 0 Å². The van der Waals surface area contributed by atoms with Crippen LogP contribution in [0.3, 0.4) is 0 Å². The van der Waals surface area contributed by atoms with Gasteiger partial charge in [0.05, 0.1) is 24.8 Å². The molecule has 80 valence electrons. The Balaban J connectivity index is 3.41. The highest BCUT2D eigenvalue weighted by molar-refractivity contribution is 6.33. The number of ether oxygens (including phenoxy) is 2. The summed E-state index contributed by atoms with van der Waals surface area (Å²) in [6.45, 7) is 0. The zero-order chi connectivity index (χ0) is 11.4. The Morgan fingerprint density at radius 1 is 1.40 bits per heavy atom. The molecule has 0 radical (unpaired) electrons. The number of hydrogen-bond donors (Lipinski definition) is 0. The molecular weight excluding hydrogens is 220 g/mol. The molecule has 4 nitrogen and oxygen atoms in total. The van der Waals surface area contributed by atoms with Crippen LogP contribution in [0.1, 0.15) is 20.7 Å². The summed E-state index contributed by atoms with van der Waals surface area (Å²) in [4.78, 5) is 22.1. The smallest absolute Gasteiger partial charge is 0.341 e. The Bertz CT molecular complexity index is 401. The molecule has 1 aromatic carbocycles. The average molecular weight is 229 g/mol. The number of esters is 1. The van der Waals surface area contributed by atoms with Crippen LogP contribution in [-0.2, 0) is 4.74 Å². The number of aldehydes is 1. The fraction of sp³-hybridized carbons (Fsp3) is 0.200. The molecule has 0 amide bonds. The predicted molar refractivity (Wildman–Crippen MR) is 54.7 cm³/mol. The average Bonchev–Trinajstić information content (AvgIpc) is 2.27. The first-order chi connectivity index (χ1) is 7.15. The van der Waals surface area contributed by atoms with Gasteiger partial charge in [0.25, 0.3) is 0 Å². The molecule has 1 rings (SSSR count). The van der Waals surface area contributed by atoms with Crippen LogP contribution in [-0.4, -0.2) is 26.5 Å². The van der Waals surface area contributed by atoms with E-state index in [2.05, 4.69) is 4.74 Å². The van der Waals surface area contributed by atoms with Gasteiger partial charge in [-0.3, -0.25) is 4.79 Å². The van der Waals surface area contributed by atoms with Crippen LogP contribution < -0.4 is 4.74 Å². The normalized spacial score (nSPS) is 9.53. The number of halogens is 1. The number of benzene rings is 1. The molecule has 5 heteroatoms. The summed E-state index contributed by atoms with van der Waals surface area (Å²) < 4.78 is 9.49. The molecule has 0 spiro atoms. The number of carbonyl (C=O) groups excluding carboxylic acids is 2. The van der Waals surface area contributed by atoms with Gasteiger partial charge < -0.3 is 9.47 Å². The van der Waals surface area contributed by atoms with Crippen molar-refractivity contribution in [3.8, 4) is 5.75 Å². The monoisotopic (exact) mass is 228 g/mol. The quantitative estimate of drug-likeness (QED) is 0.586. The van der Waals surface area contributed by atoms with Crippen molar-refractivity contribution in [2.75, 3.05) is 14.2 Å². The highest BCUT2D eigenvalue weighted by atomic mass is 35.5. The summed E-state index contributed by atoms with van der Waals surface area (Å²) in [5.41, 5.74) is 0.313. The SMILES string of the molecule is COC(=O)c1ccc(Cl)c(C=O)c1OC. The third kappa shape index (κ3) is 2.10. The van der Waals surface area contributed by atoms with Gasteiger partial charge in [-0.25, -0.2) is 4.79 Å². The van der Waals surface area contributed by atoms with Gasteiger partial charge in [0.2, 0.25) is 0 Å². The topological polar surface area (TPSA) is 52.6 Å². The van der Waals surface area contributed by atoms with E-state index < -0.39 is 5.97 Å². The Hall–Kier alpha value is -1.55. The second-order valence-electron chi connectivity index (χ2n) is 2.65. The molecule has 0 aliphatic rings. The molecule has 0 aromatic heterocycles. The third-order valence-electron chi connectivity index (χ3n) is 1.87. The fourth-order valence-corrected chi connectivity index (χ4v) is 1.37. The summed E-state index contributed by atoms with van der Waals surface area (Å²) >= 11 is 5.76. The highest BCUT2D eigenvalue weighted by Gasteiger charge is 2.18. The Labute approximate surface area is 91.7 Å². The highest BCUT2D eigenvalue weighted by Crippen LogP contribution is 2.29. The number of hydrogen-bond acceptors (Lipinski definition) is 4. The third-order valence-corrected chi connectivity index (χ3v) is 2.20. The van der Waals surface area contributed by atoms with E-state index >= 15 is 0 Å². The van der Waals surface area contributed by atoms with E-state index in [0.29, 0.717) is 6.29 Å². The Morgan fingerprint density at radius 3 is 2.53 bits per heavy atom. The maximum atomic E-state index is 11.3. The van der Waals surface area contributed by atoms with Crippen molar-refractivity contribution in [2.24, 2.45) is 0 Å². The molecule has 0 fully saturated rings. The van der Waals surface area contributed by atoms with E-state index in [0.717, 1.165) is 0 Å². The maximum absolute atomic E-state index is 11.3. The zero-order valence-corrected chi connectivity index (χ0v) is 9.00. The molecule has 15 heavy (non-hydrogen) atoms. The number of carbonyl (C=O) groups is 2. The first-order valence-corrected chi connectivity index (χ1v) is 4.43. The fourth-order valence-electron chi connectivity index (χ4n) is 1.18. The lowest BCUT2D eigenvalue weighted by molar-refractivity contribution is 0.0597. The molecule has 0 N–H and O–H groups in total. The van der Waals surface area contributed by atoms with Crippen LogP contribution in [0.5, 0.6) is 5.75 Å². The van der Waals surface area contributed by atoms with Crippen molar-refractivity contribution >= 4 is 23.9 Å². The van der Waals surface area contributed by atoms with Crippen LogP contribution in [0.15, 0.2) is 12.1 Å². The van der Waals surface area contributed by atoms with Gasteiger partial charge in [-0.15, -0.1) is 0 Å². The first kappa shape index (κ1) is 11.5. The molecule has 0 heterocycles. The van der Waals surface area contributed by atoms with Gasteiger partial charge in [0.15, 0.2) is 6.29 Å². The van der Waals surface area contributed by atoms with Crippen molar-refractivity contribution in [2.45, 2.75) is 0 Å². The van der Waals surface area contributed by atoms with Crippen molar-refractivity contribution in [1.29, 1.82) is 0 Å². The molecule has 0 aliphatic carbocycles. The molecule has 1 aromatic rings. The summed E-state index contributed by atoms with van der Waals surface area (Å²) in [6.07, 6.45) is 0.535. The molecule has 0 aliphatic heterocycles. The minimum atomic E-state index is -0.577. The van der Waals surface area contributed by atoms with E-state index in [1.165, 1.54) is 26.4 Å². The van der Waals surface area contributed by atoms with Crippen LogP contribution in [0.4, 0.5) is 0 Å². The van der Waals surface area contributed by atoms with E-state index in [4.69, 9.17) is 16.3 Å². The Morgan fingerprint density at radius 2 is 2.07 bits per heavy atom. The summed E-state index contributed by atoms with van der Waals surface area (Å²) in [5.74, 6) is -0.448. The van der Waals surface area contributed by atoms with Gasteiger partial charge >= 0.3 is 5.97 Å². The van der Waals surface area contributed by atoms with Gasteiger partial charge in [-0.2, -0.15) is 0 Å². The van der Waals surface area contributed by atoms with Crippen LogP contribution in [0.2, 0.25) is 5.02 Å². The lowest BCUT2D eigenvalue weighted by atomic mass is 10.1. The van der Waals surface area contributed by atoms with Gasteiger partial charge in [-0.1, -0.05) is 11.6 Å². The lowest BCUT2D eigenvalue weighted by Gasteiger charge is -2.09. The van der Waals surface area contributed by atoms with Gasteiger partial charge in [0.1, 0.15) is 11.3 Å². The maximum Gasteiger partial charge on any atom is 0.341 e. The molecule has 0 unspecified atom stereocenters. The zero-order valence-electron chi connectivity index (χ0n) is 8.24. The molecule has 0 saturated heterocycles. The van der Waals surface area contributed by atoms with Crippen molar-refractivity contribution in [1.82, 2.24) is 0 Å². The lowest BCUT2D eigenvalue weighted by Crippen LogP contribution is -2.06. The molecular formula is C10H9ClO4. The summed E-state index contributed by atoms with van der Waals surface area (Å²) in [7, 11) is 2.60. The Kier molecular flexibility index (Phi) is 3.68. The standard InChI is InChI=1S/C10H9ClO4/c1-14-9-6(10(13)15-2)3-4-8(11)7(9)5-12/h3-5H,1-2H3. The molecule has 0 bridgehead atoms. The number of rotatable bonds is 3. The van der Waals surface area contributed by atoms with E-state index in [9.17, 15) is 9.59 Å². The van der Waals surface area contributed by atoms with Crippen LogP contribution >= 0.6 is 11.6 Å². The molecule has 0 saturated carbocycles.